The highest BCUT2D eigenvalue weighted by atomic mass is 19.1. The highest BCUT2D eigenvalue weighted by Crippen LogP contribution is 2.33. The van der Waals surface area contributed by atoms with Crippen LogP contribution < -0.4 is 11.5 Å². The highest BCUT2D eigenvalue weighted by molar-refractivity contribution is 5.92. The molecule has 2 aromatic heterocycles. The number of benzene rings is 1. The molecule has 0 aliphatic heterocycles. The number of rotatable bonds is 3. The summed E-state index contributed by atoms with van der Waals surface area (Å²) in [6, 6.07) is 4.40. The van der Waals surface area contributed by atoms with E-state index in [1.54, 1.807) is 12.3 Å². The predicted octanol–water partition coefficient (Wildman–Crippen LogP) is 1.42. The number of carbonyl (C=O) groups is 1. The van der Waals surface area contributed by atoms with Crippen LogP contribution in [0.1, 0.15) is 5.56 Å². The Labute approximate surface area is 130 Å². The van der Waals surface area contributed by atoms with Gasteiger partial charge in [0.05, 0.1) is 19.2 Å². The number of anilines is 2. The molecule has 2 heterocycles. The van der Waals surface area contributed by atoms with Crippen molar-refractivity contribution in [1.82, 2.24) is 14.6 Å². The molecule has 4 N–H and O–H groups in total. The molecule has 0 saturated carbocycles. The smallest absolute Gasteiger partial charge is 0.310 e. The normalized spacial score (nSPS) is 10.9. The van der Waals surface area contributed by atoms with Gasteiger partial charge >= 0.3 is 5.97 Å². The van der Waals surface area contributed by atoms with Gasteiger partial charge in [-0.25, -0.2) is 13.9 Å². The largest absolute Gasteiger partial charge is 0.469 e. The van der Waals surface area contributed by atoms with Gasteiger partial charge in [0.25, 0.3) is 0 Å². The van der Waals surface area contributed by atoms with Crippen molar-refractivity contribution in [3.8, 4) is 11.1 Å². The Balaban J connectivity index is 2.28. The van der Waals surface area contributed by atoms with Crippen LogP contribution in [-0.2, 0) is 16.0 Å². The summed E-state index contributed by atoms with van der Waals surface area (Å²) < 4.78 is 20.1. The van der Waals surface area contributed by atoms with Crippen LogP contribution in [0.4, 0.5) is 15.9 Å². The van der Waals surface area contributed by atoms with Crippen molar-refractivity contribution in [3.05, 3.63) is 42.1 Å². The first-order valence-electron chi connectivity index (χ1n) is 6.74. The summed E-state index contributed by atoms with van der Waals surface area (Å²) in [7, 11) is 1.30. The van der Waals surface area contributed by atoms with Crippen LogP contribution in [0.15, 0.2) is 30.7 Å². The van der Waals surface area contributed by atoms with Gasteiger partial charge in [0.15, 0.2) is 5.82 Å². The van der Waals surface area contributed by atoms with Crippen LogP contribution in [0.2, 0.25) is 0 Å². The number of aromatic nitrogens is 3. The van der Waals surface area contributed by atoms with Crippen LogP contribution in [-0.4, -0.2) is 27.7 Å². The minimum atomic E-state index is -0.554. The van der Waals surface area contributed by atoms with Gasteiger partial charge < -0.3 is 16.2 Å². The third kappa shape index (κ3) is 2.54. The quantitative estimate of drug-likeness (QED) is 0.559. The summed E-state index contributed by atoms with van der Waals surface area (Å²) in [6.45, 7) is 0. The molecule has 8 heteroatoms. The summed E-state index contributed by atoms with van der Waals surface area (Å²) in [5.41, 5.74) is 13.7. The minimum Gasteiger partial charge on any atom is -0.469 e. The Kier molecular flexibility index (Phi) is 3.57. The van der Waals surface area contributed by atoms with Crippen LogP contribution in [0.3, 0.4) is 0 Å². The molecule has 0 aliphatic carbocycles. The lowest BCUT2D eigenvalue weighted by atomic mass is 10.00. The van der Waals surface area contributed by atoms with Crippen molar-refractivity contribution in [2.24, 2.45) is 0 Å². The minimum absolute atomic E-state index is 0.000624. The first kappa shape index (κ1) is 14.8. The number of nitrogen functional groups attached to an aromatic ring is 2. The number of fused-ring (bicyclic) bond motifs is 1. The zero-order valence-electron chi connectivity index (χ0n) is 12.3. The molecule has 23 heavy (non-hydrogen) atoms. The van der Waals surface area contributed by atoms with Gasteiger partial charge in [-0.15, -0.1) is 0 Å². The van der Waals surface area contributed by atoms with E-state index in [-0.39, 0.29) is 17.9 Å². The van der Waals surface area contributed by atoms with E-state index in [1.807, 2.05) is 0 Å². The Bertz CT molecular complexity index is 906. The number of nitrogens with two attached hydrogens (primary N) is 2. The molecule has 0 atom stereocenters. The average Bonchev–Trinajstić information content (AvgIpc) is 2.89. The van der Waals surface area contributed by atoms with Crippen molar-refractivity contribution in [2.45, 2.75) is 6.42 Å². The van der Waals surface area contributed by atoms with Crippen LogP contribution in [0.5, 0.6) is 0 Å². The second kappa shape index (κ2) is 5.56. The topological polar surface area (TPSA) is 109 Å². The molecular weight excluding hydrogens is 301 g/mol. The van der Waals surface area contributed by atoms with E-state index in [0.29, 0.717) is 22.2 Å². The Hall–Kier alpha value is -3.16. The van der Waals surface area contributed by atoms with Crippen LogP contribution >= 0.6 is 0 Å². The number of carbonyl (C=O) groups excluding carboxylic acids is 1. The van der Waals surface area contributed by atoms with Crippen molar-refractivity contribution in [3.63, 3.8) is 0 Å². The van der Waals surface area contributed by atoms with Crippen molar-refractivity contribution in [1.29, 1.82) is 0 Å². The maximum Gasteiger partial charge on any atom is 0.310 e. The molecule has 7 nitrogen and oxygen atoms in total. The fourth-order valence-corrected chi connectivity index (χ4v) is 2.45. The second-order valence-corrected chi connectivity index (χ2v) is 4.96. The molecular formula is C15H14FN5O2. The number of nitrogens with zero attached hydrogens (tertiary/aromatic N) is 3. The molecule has 0 fully saturated rings. The molecule has 0 amide bonds. The van der Waals surface area contributed by atoms with Crippen molar-refractivity contribution in [2.75, 3.05) is 18.6 Å². The number of hydrogen-bond donors (Lipinski definition) is 2. The van der Waals surface area contributed by atoms with E-state index >= 15 is 0 Å². The fourth-order valence-electron chi connectivity index (χ4n) is 2.45. The van der Waals surface area contributed by atoms with Gasteiger partial charge in [0.2, 0.25) is 0 Å². The molecule has 3 rings (SSSR count). The summed E-state index contributed by atoms with van der Waals surface area (Å²) >= 11 is 0. The lowest BCUT2D eigenvalue weighted by Crippen LogP contribution is -2.04. The summed E-state index contributed by atoms with van der Waals surface area (Å²) in [4.78, 5) is 15.6. The predicted molar refractivity (Wildman–Crippen MR) is 82.9 cm³/mol. The van der Waals surface area contributed by atoms with Gasteiger partial charge in [0.1, 0.15) is 17.7 Å². The van der Waals surface area contributed by atoms with Gasteiger partial charge in [-0.1, -0.05) is 6.07 Å². The summed E-state index contributed by atoms with van der Waals surface area (Å²) in [5, 5.41) is 4.08. The first-order chi connectivity index (χ1) is 11.0. The number of methoxy groups -OCH3 is 1. The SMILES string of the molecule is COC(=O)Cc1cn2ncnc(N)c2c1-c1ccc(N)c(F)c1. The Morgan fingerprint density at radius 2 is 2.17 bits per heavy atom. The van der Waals surface area contributed by atoms with E-state index < -0.39 is 11.8 Å². The van der Waals surface area contributed by atoms with E-state index in [2.05, 4.69) is 10.1 Å². The average molecular weight is 315 g/mol. The molecule has 0 radical (unpaired) electrons. The second-order valence-electron chi connectivity index (χ2n) is 4.96. The van der Waals surface area contributed by atoms with Crippen molar-refractivity contribution < 1.29 is 13.9 Å². The molecule has 0 unspecified atom stereocenters. The lowest BCUT2D eigenvalue weighted by Gasteiger charge is -2.07. The van der Waals surface area contributed by atoms with E-state index in [4.69, 9.17) is 16.2 Å². The molecule has 0 aliphatic rings. The van der Waals surface area contributed by atoms with Gasteiger partial charge in [0, 0.05) is 11.8 Å². The van der Waals surface area contributed by atoms with E-state index in [0.717, 1.165) is 0 Å². The van der Waals surface area contributed by atoms with Crippen LogP contribution in [0, 0.1) is 5.82 Å². The third-order valence-electron chi connectivity index (χ3n) is 3.53. The zero-order valence-corrected chi connectivity index (χ0v) is 12.3. The monoisotopic (exact) mass is 315 g/mol. The van der Waals surface area contributed by atoms with Gasteiger partial charge in [-0.3, -0.25) is 4.79 Å². The number of ether oxygens (including phenoxy) is 1. The maximum absolute atomic E-state index is 13.8. The zero-order chi connectivity index (χ0) is 16.6. The van der Waals surface area contributed by atoms with Gasteiger partial charge in [-0.2, -0.15) is 5.10 Å². The number of halogens is 1. The third-order valence-corrected chi connectivity index (χ3v) is 3.53. The Morgan fingerprint density at radius 1 is 1.39 bits per heavy atom. The van der Waals surface area contributed by atoms with E-state index in [9.17, 15) is 9.18 Å². The maximum atomic E-state index is 13.8. The first-order valence-corrected chi connectivity index (χ1v) is 6.74. The summed E-state index contributed by atoms with van der Waals surface area (Å²) in [5.74, 6) is -0.755. The lowest BCUT2D eigenvalue weighted by molar-refractivity contribution is -0.139. The number of esters is 1. The standard InChI is InChI=1S/C15H14FN5O2/c1-23-12(22)5-9-6-21-14(15(18)19-7-20-21)13(9)8-2-3-11(17)10(16)4-8/h2-4,6-7H,5,17H2,1H3,(H2,18,19,20). The molecule has 0 spiro atoms. The Morgan fingerprint density at radius 3 is 2.87 bits per heavy atom. The fraction of sp³-hybridized carbons (Fsp3) is 0.133. The van der Waals surface area contributed by atoms with Crippen molar-refractivity contribution >= 4 is 23.0 Å². The number of hydrogen-bond acceptors (Lipinski definition) is 6. The van der Waals surface area contributed by atoms with E-state index in [1.165, 1.54) is 30.1 Å². The molecule has 118 valence electrons. The molecule has 0 saturated heterocycles. The van der Waals surface area contributed by atoms with Gasteiger partial charge in [-0.05, 0) is 23.3 Å². The molecule has 1 aromatic carbocycles. The van der Waals surface area contributed by atoms with Crippen LogP contribution in [0.25, 0.3) is 16.6 Å². The molecule has 3 aromatic rings. The summed E-state index contributed by atoms with van der Waals surface area (Å²) in [6.07, 6.45) is 2.95. The molecule has 0 bridgehead atoms. The highest BCUT2D eigenvalue weighted by Gasteiger charge is 2.19.